The molecule has 1 amide bonds. The Hall–Kier alpha value is -0.920. The minimum absolute atomic E-state index is 0. The molecule has 0 saturated carbocycles. The zero-order valence-electron chi connectivity index (χ0n) is 11.6. The molecular weight excluding hydrogens is 313 g/mol. The van der Waals surface area contributed by atoms with Gasteiger partial charge in [-0.2, -0.15) is 5.10 Å². The molecule has 1 heterocycles. The molecule has 9 heteroatoms. The first-order valence-corrected chi connectivity index (χ1v) is 5.60. The number of amides is 1. The van der Waals surface area contributed by atoms with Crippen LogP contribution in [0.2, 0.25) is 0 Å². The summed E-state index contributed by atoms with van der Waals surface area (Å²) in [7, 11) is 1.77. The van der Waals surface area contributed by atoms with Crippen LogP contribution in [-0.4, -0.2) is 34.7 Å². The number of hydrogen-bond donors (Lipinski definition) is 2. The highest BCUT2D eigenvalue weighted by atomic mass is 35.5. The van der Waals surface area contributed by atoms with Crippen molar-refractivity contribution >= 4 is 30.7 Å². The number of halogens is 4. The molecule has 5 nitrogen and oxygen atoms in total. The molecule has 0 atom stereocenters. The van der Waals surface area contributed by atoms with E-state index in [1.54, 1.807) is 18.7 Å². The smallest absolute Gasteiger partial charge is 0.277 e. The van der Waals surface area contributed by atoms with Crippen LogP contribution < -0.4 is 11.1 Å². The maximum atomic E-state index is 12.9. The maximum absolute atomic E-state index is 12.9. The monoisotopic (exact) mass is 332 g/mol. The van der Waals surface area contributed by atoms with Crippen LogP contribution in [0.15, 0.2) is 0 Å². The molecule has 0 aliphatic heterocycles. The summed E-state index contributed by atoms with van der Waals surface area (Å²) in [5.74, 6) is -3.52. The molecule has 3 N–H and O–H groups in total. The topological polar surface area (TPSA) is 72.9 Å². The largest absolute Gasteiger partial charge is 0.350 e. The van der Waals surface area contributed by atoms with Crippen LogP contribution in [0.5, 0.6) is 0 Å². The van der Waals surface area contributed by atoms with Crippen molar-refractivity contribution in [1.82, 2.24) is 15.1 Å². The molecule has 0 aromatic carbocycles. The standard InChI is InChI=1S/C11H18F2N4O.2ClH/c1-7-9(8(2)17(3)16-7)4-10(18)15-6-11(12,13)5-14;;/h4-6,14H2,1-3H3,(H,15,18);2*1H. The quantitative estimate of drug-likeness (QED) is 0.849. The van der Waals surface area contributed by atoms with Crippen molar-refractivity contribution in [3.63, 3.8) is 0 Å². The first-order valence-electron chi connectivity index (χ1n) is 5.60. The highest BCUT2D eigenvalue weighted by Crippen LogP contribution is 2.13. The van der Waals surface area contributed by atoms with Gasteiger partial charge in [0.2, 0.25) is 5.91 Å². The summed E-state index contributed by atoms with van der Waals surface area (Å²) in [6.45, 7) is 2.10. The zero-order chi connectivity index (χ0) is 13.9. The summed E-state index contributed by atoms with van der Waals surface area (Å²) in [6, 6.07) is 0. The van der Waals surface area contributed by atoms with E-state index in [9.17, 15) is 13.6 Å². The number of nitrogens with one attached hydrogen (secondary N) is 1. The van der Waals surface area contributed by atoms with Crippen LogP contribution in [0.1, 0.15) is 17.0 Å². The van der Waals surface area contributed by atoms with Crippen molar-refractivity contribution in [2.75, 3.05) is 13.1 Å². The summed E-state index contributed by atoms with van der Waals surface area (Å²) in [5.41, 5.74) is 7.24. The molecule has 1 aromatic rings. The Balaban J connectivity index is 0. The van der Waals surface area contributed by atoms with Gasteiger partial charge in [-0.25, -0.2) is 8.78 Å². The molecule has 0 aliphatic carbocycles. The number of aromatic nitrogens is 2. The van der Waals surface area contributed by atoms with Gasteiger partial charge in [0.25, 0.3) is 5.92 Å². The lowest BCUT2D eigenvalue weighted by Gasteiger charge is -2.14. The molecule has 0 saturated heterocycles. The number of carbonyl (C=O) groups excluding carboxylic acids is 1. The zero-order valence-corrected chi connectivity index (χ0v) is 13.2. The van der Waals surface area contributed by atoms with E-state index in [1.165, 1.54) is 0 Å². The fraction of sp³-hybridized carbons (Fsp3) is 0.636. The van der Waals surface area contributed by atoms with Gasteiger partial charge in [-0.1, -0.05) is 0 Å². The second-order valence-electron chi connectivity index (χ2n) is 4.29. The predicted octanol–water partition coefficient (Wildman–Crippen LogP) is 1.13. The van der Waals surface area contributed by atoms with Crippen LogP contribution in [-0.2, 0) is 18.3 Å². The number of nitrogens with two attached hydrogens (primary N) is 1. The Labute approximate surface area is 129 Å². The van der Waals surface area contributed by atoms with E-state index in [0.717, 1.165) is 17.0 Å². The lowest BCUT2D eigenvalue weighted by Crippen LogP contribution is -2.42. The van der Waals surface area contributed by atoms with E-state index in [4.69, 9.17) is 5.73 Å². The summed E-state index contributed by atoms with van der Waals surface area (Å²) in [6.07, 6.45) is 0.0478. The van der Waals surface area contributed by atoms with E-state index in [2.05, 4.69) is 10.4 Å². The fourth-order valence-electron chi connectivity index (χ4n) is 1.60. The van der Waals surface area contributed by atoms with E-state index in [0.29, 0.717) is 0 Å². The number of hydrogen-bond acceptors (Lipinski definition) is 3. The van der Waals surface area contributed by atoms with Crippen molar-refractivity contribution in [2.45, 2.75) is 26.2 Å². The van der Waals surface area contributed by atoms with Crippen molar-refractivity contribution < 1.29 is 13.6 Å². The minimum atomic E-state index is -3.06. The first-order chi connectivity index (χ1) is 8.26. The Morgan fingerprint density at radius 2 is 1.95 bits per heavy atom. The molecular formula is C11H20Cl2F2N4O. The van der Waals surface area contributed by atoms with Crippen LogP contribution in [0.3, 0.4) is 0 Å². The minimum Gasteiger partial charge on any atom is -0.350 e. The van der Waals surface area contributed by atoms with Crippen molar-refractivity contribution in [3.05, 3.63) is 17.0 Å². The van der Waals surface area contributed by atoms with E-state index in [1.807, 2.05) is 6.92 Å². The van der Waals surface area contributed by atoms with E-state index < -0.39 is 24.9 Å². The number of aryl methyl sites for hydroxylation is 2. The molecule has 20 heavy (non-hydrogen) atoms. The Morgan fingerprint density at radius 1 is 1.40 bits per heavy atom. The lowest BCUT2D eigenvalue weighted by molar-refractivity contribution is -0.122. The molecule has 0 fully saturated rings. The number of alkyl halides is 2. The van der Waals surface area contributed by atoms with Gasteiger partial charge in [-0.3, -0.25) is 9.48 Å². The molecule has 1 rings (SSSR count). The lowest BCUT2D eigenvalue weighted by atomic mass is 10.1. The van der Waals surface area contributed by atoms with Gasteiger partial charge in [0, 0.05) is 18.3 Å². The number of carbonyl (C=O) groups is 1. The second-order valence-corrected chi connectivity index (χ2v) is 4.29. The summed E-state index contributed by atoms with van der Waals surface area (Å²) >= 11 is 0. The van der Waals surface area contributed by atoms with Crippen molar-refractivity contribution in [1.29, 1.82) is 0 Å². The summed E-state index contributed by atoms with van der Waals surface area (Å²) in [4.78, 5) is 11.6. The summed E-state index contributed by atoms with van der Waals surface area (Å²) in [5, 5.41) is 6.34. The van der Waals surface area contributed by atoms with Crippen LogP contribution in [0.4, 0.5) is 8.78 Å². The third kappa shape index (κ3) is 5.60. The van der Waals surface area contributed by atoms with Gasteiger partial charge >= 0.3 is 0 Å². The van der Waals surface area contributed by atoms with Gasteiger partial charge < -0.3 is 11.1 Å². The van der Waals surface area contributed by atoms with Crippen LogP contribution in [0, 0.1) is 13.8 Å². The van der Waals surface area contributed by atoms with E-state index in [-0.39, 0.29) is 31.2 Å². The Morgan fingerprint density at radius 3 is 2.35 bits per heavy atom. The average molecular weight is 333 g/mol. The van der Waals surface area contributed by atoms with E-state index >= 15 is 0 Å². The normalized spacial score (nSPS) is 10.5. The average Bonchev–Trinajstić information content (AvgIpc) is 2.54. The van der Waals surface area contributed by atoms with Gasteiger partial charge in [-0.05, 0) is 13.8 Å². The summed E-state index contributed by atoms with van der Waals surface area (Å²) < 4.78 is 27.4. The molecule has 0 bridgehead atoms. The molecule has 0 radical (unpaired) electrons. The molecule has 118 valence electrons. The third-order valence-electron chi connectivity index (χ3n) is 2.84. The predicted molar refractivity (Wildman–Crippen MR) is 77.9 cm³/mol. The molecule has 0 unspecified atom stereocenters. The SMILES string of the molecule is Cc1nn(C)c(C)c1CC(=O)NCC(F)(F)CN.Cl.Cl. The van der Waals surface area contributed by atoms with Gasteiger partial charge in [0.1, 0.15) is 0 Å². The van der Waals surface area contributed by atoms with Crippen LogP contribution in [0.25, 0.3) is 0 Å². The van der Waals surface area contributed by atoms with Gasteiger partial charge in [0.15, 0.2) is 0 Å². The molecule has 0 spiro atoms. The fourth-order valence-corrected chi connectivity index (χ4v) is 1.60. The number of rotatable bonds is 5. The highest BCUT2D eigenvalue weighted by molar-refractivity contribution is 5.85. The Bertz CT molecular complexity index is 452. The first kappa shape index (κ1) is 21.4. The highest BCUT2D eigenvalue weighted by Gasteiger charge is 2.27. The van der Waals surface area contributed by atoms with Crippen molar-refractivity contribution in [3.8, 4) is 0 Å². The molecule has 1 aromatic heterocycles. The maximum Gasteiger partial charge on any atom is 0.277 e. The number of nitrogens with zero attached hydrogens (tertiary/aromatic N) is 2. The van der Waals surface area contributed by atoms with Crippen molar-refractivity contribution in [2.24, 2.45) is 12.8 Å². The Kier molecular flexibility index (Phi) is 8.96. The third-order valence-corrected chi connectivity index (χ3v) is 2.84. The van der Waals surface area contributed by atoms with Crippen LogP contribution >= 0.6 is 24.8 Å². The second kappa shape index (κ2) is 8.39. The van der Waals surface area contributed by atoms with Gasteiger partial charge in [-0.15, -0.1) is 24.8 Å². The van der Waals surface area contributed by atoms with Gasteiger partial charge in [0.05, 0.1) is 25.2 Å². The molecule has 0 aliphatic rings.